The van der Waals surface area contributed by atoms with E-state index in [9.17, 15) is 9.59 Å². The number of amides is 2. The van der Waals surface area contributed by atoms with Crippen molar-refractivity contribution in [2.45, 2.75) is 89.6 Å². The summed E-state index contributed by atoms with van der Waals surface area (Å²) >= 11 is 0. The molecule has 0 spiro atoms. The standard InChI is InChI=1S/C21H37N3O2.ClH/c1-15(22)17-10-12-24(13-11-17)21(26)18-6-8-19(9-7-18)23-20(25)14-16-4-2-3-5-16;/h15-19H,2-14,22H2,1H3,(H,23,25);1H. The summed E-state index contributed by atoms with van der Waals surface area (Å²) in [4.78, 5) is 27.1. The molecular formula is C21H38ClN3O2. The largest absolute Gasteiger partial charge is 0.353 e. The van der Waals surface area contributed by atoms with E-state index >= 15 is 0 Å². The van der Waals surface area contributed by atoms with E-state index in [0.29, 0.717) is 24.2 Å². The van der Waals surface area contributed by atoms with Crippen LogP contribution in [0.1, 0.15) is 77.6 Å². The van der Waals surface area contributed by atoms with Gasteiger partial charge in [-0.15, -0.1) is 12.4 Å². The molecule has 1 saturated heterocycles. The van der Waals surface area contributed by atoms with Crippen molar-refractivity contribution in [1.82, 2.24) is 10.2 Å². The fourth-order valence-electron chi connectivity index (χ4n) is 5.15. The molecule has 0 aromatic rings. The van der Waals surface area contributed by atoms with Gasteiger partial charge in [0.05, 0.1) is 0 Å². The minimum atomic E-state index is 0. The summed E-state index contributed by atoms with van der Waals surface area (Å²) in [5, 5.41) is 3.23. The lowest BCUT2D eigenvalue weighted by Crippen LogP contribution is -2.46. The van der Waals surface area contributed by atoms with Crippen molar-refractivity contribution < 1.29 is 9.59 Å². The Labute approximate surface area is 170 Å². The Kier molecular flexibility index (Phi) is 8.87. The van der Waals surface area contributed by atoms with E-state index in [0.717, 1.165) is 51.6 Å². The molecule has 1 heterocycles. The molecule has 1 unspecified atom stereocenters. The first-order chi connectivity index (χ1) is 12.5. The third-order valence-corrected chi connectivity index (χ3v) is 6.99. The van der Waals surface area contributed by atoms with Crippen molar-refractivity contribution >= 4 is 24.2 Å². The average Bonchev–Trinajstić information content (AvgIpc) is 3.14. The van der Waals surface area contributed by atoms with E-state index in [1.165, 1.54) is 25.7 Å². The lowest BCUT2D eigenvalue weighted by atomic mass is 9.84. The number of nitrogens with two attached hydrogens (primary N) is 1. The van der Waals surface area contributed by atoms with Crippen molar-refractivity contribution in [3.05, 3.63) is 0 Å². The van der Waals surface area contributed by atoms with Crippen LogP contribution in [0.25, 0.3) is 0 Å². The molecule has 3 N–H and O–H groups in total. The number of likely N-dealkylation sites (tertiary alicyclic amines) is 1. The zero-order valence-corrected chi connectivity index (χ0v) is 17.6. The molecule has 5 nitrogen and oxygen atoms in total. The first kappa shape index (κ1) is 22.5. The molecular weight excluding hydrogens is 362 g/mol. The highest BCUT2D eigenvalue weighted by Crippen LogP contribution is 2.30. The molecule has 156 valence electrons. The topological polar surface area (TPSA) is 75.4 Å². The molecule has 0 radical (unpaired) electrons. The van der Waals surface area contributed by atoms with Crippen LogP contribution in [0, 0.1) is 17.8 Å². The second-order valence-electron chi connectivity index (χ2n) is 8.99. The minimum Gasteiger partial charge on any atom is -0.353 e. The maximum absolute atomic E-state index is 12.8. The number of hydrogen-bond donors (Lipinski definition) is 2. The number of hydrogen-bond acceptors (Lipinski definition) is 3. The van der Waals surface area contributed by atoms with Crippen molar-refractivity contribution in [2.75, 3.05) is 13.1 Å². The lowest BCUT2D eigenvalue weighted by molar-refractivity contribution is -0.138. The molecule has 2 amide bonds. The highest BCUT2D eigenvalue weighted by molar-refractivity contribution is 5.85. The van der Waals surface area contributed by atoms with Crippen molar-refractivity contribution in [1.29, 1.82) is 0 Å². The van der Waals surface area contributed by atoms with E-state index in [2.05, 4.69) is 17.1 Å². The molecule has 0 aromatic carbocycles. The van der Waals surface area contributed by atoms with Gasteiger partial charge < -0.3 is 16.0 Å². The minimum absolute atomic E-state index is 0. The van der Waals surface area contributed by atoms with Gasteiger partial charge in [-0.1, -0.05) is 12.8 Å². The van der Waals surface area contributed by atoms with E-state index in [1.54, 1.807) is 0 Å². The summed E-state index contributed by atoms with van der Waals surface area (Å²) in [5.74, 6) is 1.88. The SMILES string of the molecule is CC(N)C1CCN(C(=O)C2CCC(NC(=O)CC3CCCC3)CC2)CC1.Cl. The molecule has 6 heteroatoms. The lowest BCUT2D eigenvalue weighted by Gasteiger charge is -2.37. The van der Waals surface area contributed by atoms with E-state index < -0.39 is 0 Å². The third-order valence-electron chi connectivity index (χ3n) is 6.99. The van der Waals surface area contributed by atoms with Gasteiger partial charge in [0.2, 0.25) is 11.8 Å². The third kappa shape index (κ3) is 6.35. The molecule has 3 rings (SSSR count). The van der Waals surface area contributed by atoms with Crippen LogP contribution in [-0.4, -0.2) is 41.9 Å². The van der Waals surface area contributed by atoms with Gasteiger partial charge in [-0.2, -0.15) is 0 Å². The summed E-state index contributed by atoms with van der Waals surface area (Å²) in [5.41, 5.74) is 6.00. The Morgan fingerprint density at radius 2 is 1.59 bits per heavy atom. The van der Waals surface area contributed by atoms with Crippen molar-refractivity contribution in [3.8, 4) is 0 Å². The molecule has 3 fully saturated rings. The highest BCUT2D eigenvalue weighted by atomic mass is 35.5. The van der Waals surface area contributed by atoms with Crippen molar-refractivity contribution in [2.24, 2.45) is 23.5 Å². The predicted molar refractivity (Wildman–Crippen MR) is 111 cm³/mol. The maximum atomic E-state index is 12.8. The molecule has 27 heavy (non-hydrogen) atoms. The second-order valence-corrected chi connectivity index (χ2v) is 8.99. The number of halogens is 1. The number of rotatable bonds is 5. The van der Waals surface area contributed by atoms with Crippen LogP contribution in [0.5, 0.6) is 0 Å². The normalized spacial score (nSPS) is 28.4. The van der Waals surface area contributed by atoms with Gasteiger partial charge in [-0.25, -0.2) is 0 Å². The van der Waals surface area contributed by atoms with E-state index in [-0.39, 0.29) is 36.3 Å². The molecule has 0 bridgehead atoms. The highest BCUT2D eigenvalue weighted by Gasteiger charge is 2.32. The molecule has 1 atom stereocenters. The van der Waals surface area contributed by atoms with E-state index in [1.807, 2.05) is 0 Å². The number of carbonyl (C=O) groups excluding carboxylic acids is 2. The monoisotopic (exact) mass is 399 g/mol. The first-order valence-corrected chi connectivity index (χ1v) is 10.9. The van der Waals surface area contributed by atoms with Gasteiger partial charge in [-0.05, 0) is 70.1 Å². The molecule has 2 aliphatic carbocycles. The molecule has 0 aromatic heterocycles. The van der Waals surface area contributed by atoms with Gasteiger partial charge in [0.25, 0.3) is 0 Å². The Balaban J connectivity index is 0.00000261. The van der Waals surface area contributed by atoms with Crippen LogP contribution in [-0.2, 0) is 9.59 Å². The van der Waals surface area contributed by atoms with Crippen molar-refractivity contribution in [3.63, 3.8) is 0 Å². The molecule has 1 aliphatic heterocycles. The number of nitrogens with one attached hydrogen (secondary N) is 1. The average molecular weight is 400 g/mol. The zero-order chi connectivity index (χ0) is 18.5. The summed E-state index contributed by atoms with van der Waals surface area (Å²) in [7, 11) is 0. The summed E-state index contributed by atoms with van der Waals surface area (Å²) in [6.45, 7) is 3.80. The summed E-state index contributed by atoms with van der Waals surface area (Å²) < 4.78 is 0. The number of carbonyl (C=O) groups is 2. The quantitative estimate of drug-likeness (QED) is 0.745. The van der Waals surface area contributed by atoms with Gasteiger partial charge in [-0.3, -0.25) is 9.59 Å². The molecule has 3 aliphatic rings. The Morgan fingerprint density at radius 3 is 2.15 bits per heavy atom. The van der Waals surface area contributed by atoms with Crippen LogP contribution in [0.4, 0.5) is 0 Å². The summed E-state index contributed by atoms with van der Waals surface area (Å²) in [6.07, 6.45) is 11.5. The smallest absolute Gasteiger partial charge is 0.225 e. The van der Waals surface area contributed by atoms with Gasteiger partial charge >= 0.3 is 0 Å². The van der Waals surface area contributed by atoms with Crippen LogP contribution in [0.2, 0.25) is 0 Å². The van der Waals surface area contributed by atoms with Gasteiger partial charge in [0.15, 0.2) is 0 Å². The summed E-state index contributed by atoms with van der Waals surface area (Å²) in [6, 6.07) is 0.507. The number of nitrogens with zero attached hydrogens (tertiary/aromatic N) is 1. The van der Waals surface area contributed by atoms with Crippen LogP contribution < -0.4 is 11.1 Å². The first-order valence-electron chi connectivity index (χ1n) is 10.9. The fraction of sp³-hybridized carbons (Fsp3) is 0.905. The zero-order valence-electron chi connectivity index (χ0n) is 16.8. The Bertz CT molecular complexity index is 478. The fourth-order valence-corrected chi connectivity index (χ4v) is 5.15. The maximum Gasteiger partial charge on any atom is 0.225 e. The Morgan fingerprint density at radius 1 is 1.00 bits per heavy atom. The van der Waals surface area contributed by atoms with Gasteiger partial charge in [0, 0.05) is 37.5 Å². The predicted octanol–water partition coefficient (Wildman–Crippen LogP) is 3.25. The second kappa shape index (κ2) is 10.7. The van der Waals surface area contributed by atoms with Gasteiger partial charge in [0.1, 0.15) is 0 Å². The number of piperidine rings is 1. The Hall–Kier alpha value is -0.810. The van der Waals surface area contributed by atoms with Crippen LogP contribution >= 0.6 is 12.4 Å². The van der Waals surface area contributed by atoms with Crippen LogP contribution in [0.3, 0.4) is 0 Å². The van der Waals surface area contributed by atoms with E-state index in [4.69, 9.17) is 5.73 Å². The van der Waals surface area contributed by atoms with Crippen LogP contribution in [0.15, 0.2) is 0 Å². The molecule has 2 saturated carbocycles.